The van der Waals surface area contributed by atoms with Crippen LogP contribution in [0.5, 0.6) is 5.75 Å². The van der Waals surface area contributed by atoms with Crippen molar-refractivity contribution in [1.82, 2.24) is 9.88 Å². The Morgan fingerprint density at radius 2 is 1.74 bits per heavy atom. The molecule has 0 aliphatic carbocycles. The minimum Gasteiger partial charge on any atom is -0.485 e. The molecule has 0 saturated carbocycles. The number of halogens is 4. The summed E-state index contributed by atoms with van der Waals surface area (Å²) in [6.45, 7) is 3.30. The molecule has 12 nitrogen and oxygen atoms in total. The molecule has 0 saturated heterocycles. The van der Waals surface area contributed by atoms with E-state index >= 15 is 0 Å². The molecule has 2 aromatic carbocycles. The van der Waals surface area contributed by atoms with E-state index in [4.69, 9.17) is 9.26 Å². The van der Waals surface area contributed by atoms with Crippen LogP contribution in [0.3, 0.4) is 0 Å². The second-order valence-corrected chi connectivity index (χ2v) is 13.5. The van der Waals surface area contributed by atoms with Gasteiger partial charge in [0.2, 0.25) is 15.6 Å². The zero-order valence-corrected chi connectivity index (χ0v) is 24.7. The number of nitrogens with one attached hydrogen (secondary N) is 2. The first-order valence-corrected chi connectivity index (χ1v) is 15.3. The fourth-order valence-corrected chi connectivity index (χ4v) is 6.91. The molecule has 1 atom stereocenters. The number of aromatic nitrogens is 1. The van der Waals surface area contributed by atoms with E-state index in [9.17, 15) is 39.2 Å². The highest BCUT2D eigenvalue weighted by Crippen LogP contribution is 2.39. The van der Waals surface area contributed by atoms with Crippen molar-refractivity contribution < 1.29 is 53.2 Å². The highest BCUT2D eigenvalue weighted by Gasteiger charge is 2.51. The van der Waals surface area contributed by atoms with E-state index in [1.54, 1.807) is 0 Å². The van der Waals surface area contributed by atoms with Gasteiger partial charge in [0.1, 0.15) is 28.3 Å². The third-order valence-corrected chi connectivity index (χ3v) is 9.77. The Labute approximate surface area is 244 Å². The average molecular weight is 651 g/mol. The van der Waals surface area contributed by atoms with E-state index in [1.165, 1.54) is 26.0 Å². The van der Waals surface area contributed by atoms with Gasteiger partial charge in [-0.15, -0.1) is 0 Å². The van der Waals surface area contributed by atoms with E-state index in [2.05, 4.69) is 19.9 Å². The van der Waals surface area contributed by atoms with Crippen LogP contribution in [0.25, 0.3) is 0 Å². The Morgan fingerprint density at radius 1 is 1.09 bits per heavy atom. The average Bonchev–Trinajstić information content (AvgIpc) is 3.24. The van der Waals surface area contributed by atoms with Crippen LogP contribution in [-0.4, -0.2) is 59.1 Å². The number of sulfonamides is 2. The van der Waals surface area contributed by atoms with Gasteiger partial charge in [0.25, 0.3) is 10.0 Å². The van der Waals surface area contributed by atoms with E-state index in [1.807, 2.05) is 0 Å². The summed E-state index contributed by atoms with van der Waals surface area (Å²) in [6.07, 6.45) is -7.41. The zero-order chi connectivity index (χ0) is 32.0. The number of ether oxygens (including phenoxy) is 2. The lowest BCUT2D eigenvalue weighted by Crippen LogP contribution is -2.48. The zero-order valence-electron chi connectivity index (χ0n) is 23.0. The Balaban J connectivity index is 1.65. The van der Waals surface area contributed by atoms with E-state index in [0.29, 0.717) is 13.8 Å². The number of fused-ring (bicyclic) bond motifs is 1. The Bertz CT molecular complexity index is 1720. The summed E-state index contributed by atoms with van der Waals surface area (Å²) in [6, 6.07) is 7.49. The van der Waals surface area contributed by atoms with Crippen LogP contribution in [-0.2, 0) is 24.8 Å². The van der Waals surface area contributed by atoms with Gasteiger partial charge >= 0.3 is 12.3 Å². The van der Waals surface area contributed by atoms with Crippen molar-refractivity contribution in [3.8, 4) is 5.75 Å². The van der Waals surface area contributed by atoms with Gasteiger partial charge in [0.15, 0.2) is 5.76 Å². The predicted octanol–water partition coefficient (Wildman–Crippen LogP) is 4.25. The molecule has 2 heterocycles. The molecule has 2 N–H and O–H groups in total. The predicted molar refractivity (Wildman–Crippen MR) is 143 cm³/mol. The number of carbonyl (C=O) groups is 1. The van der Waals surface area contributed by atoms with Crippen molar-refractivity contribution >= 4 is 37.5 Å². The van der Waals surface area contributed by atoms with Gasteiger partial charge in [-0.25, -0.2) is 30.7 Å². The fraction of sp³-hybridized carbons (Fsp3) is 0.360. The van der Waals surface area contributed by atoms with Gasteiger partial charge in [0.05, 0.1) is 17.1 Å². The van der Waals surface area contributed by atoms with Crippen LogP contribution < -0.4 is 19.1 Å². The monoisotopic (exact) mass is 650 g/mol. The number of hydrogen-bond acceptors (Lipinski definition) is 9. The van der Waals surface area contributed by atoms with Crippen LogP contribution in [0, 0.1) is 19.7 Å². The van der Waals surface area contributed by atoms with Crippen LogP contribution >= 0.6 is 0 Å². The van der Waals surface area contributed by atoms with E-state index in [0.717, 1.165) is 34.6 Å². The first kappa shape index (κ1) is 32.0. The summed E-state index contributed by atoms with van der Waals surface area (Å²) in [5.41, 5.74) is -2.99. The maximum absolute atomic E-state index is 13.7. The van der Waals surface area contributed by atoms with Crippen LogP contribution in [0.15, 0.2) is 56.8 Å². The third kappa shape index (κ3) is 6.70. The van der Waals surface area contributed by atoms with Crippen molar-refractivity contribution in [1.29, 1.82) is 0 Å². The smallest absolute Gasteiger partial charge is 0.427 e. The Hall–Kier alpha value is -3.90. The number of benzene rings is 2. The second kappa shape index (κ2) is 11.3. The molecule has 43 heavy (non-hydrogen) atoms. The summed E-state index contributed by atoms with van der Waals surface area (Å²) in [4.78, 5) is 11.7. The molecule has 1 aliphatic rings. The molecule has 1 aromatic heterocycles. The van der Waals surface area contributed by atoms with Gasteiger partial charge in [-0.3, -0.25) is 9.62 Å². The standard InChI is InChI=1S/C25H26F4N4O8S2/c1-14-22(15(2)41-32-14)42(35,36)30-12-18-13-33(43(37,38)19-8-5-16(26)6-9-19)20-11-17(7-10-21(20)39-18)31-23(34)40-24(3,4)25(27,28)29/h5-11,18,30H,12-13H2,1-4H3,(H,31,34)/t18-/m0/s1. The van der Waals surface area contributed by atoms with Gasteiger partial charge in [-0.05, 0) is 70.2 Å². The molecule has 0 spiro atoms. The van der Waals surface area contributed by atoms with Gasteiger partial charge < -0.3 is 14.0 Å². The molecular formula is C25H26F4N4O8S2. The Morgan fingerprint density at radius 3 is 2.33 bits per heavy atom. The minimum atomic E-state index is -4.86. The summed E-state index contributed by atoms with van der Waals surface area (Å²) in [7, 11) is -8.59. The molecule has 0 unspecified atom stereocenters. The first-order chi connectivity index (χ1) is 19.8. The van der Waals surface area contributed by atoms with Crippen molar-refractivity contribution in [2.45, 2.75) is 55.4 Å². The molecule has 3 aromatic rings. The van der Waals surface area contributed by atoms with E-state index < -0.39 is 62.9 Å². The molecule has 1 aliphatic heterocycles. The largest absolute Gasteiger partial charge is 0.485 e. The third-order valence-electron chi connectivity index (χ3n) is 6.31. The maximum Gasteiger partial charge on any atom is 0.427 e. The van der Waals surface area contributed by atoms with Crippen LogP contribution in [0.2, 0.25) is 0 Å². The number of amides is 1. The lowest BCUT2D eigenvalue weighted by molar-refractivity contribution is -0.242. The molecule has 0 radical (unpaired) electrons. The number of rotatable bonds is 8. The molecule has 18 heteroatoms. The summed E-state index contributed by atoms with van der Waals surface area (Å²) >= 11 is 0. The summed E-state index contributed by atoms with van der Waals surface area (Å²) in [5.74, 6) is -0.717. The first-order valence-electron chi connectivity index (χ1n) is 12.4. The number of alkyl halides is 3. The molecule has 0 fully saturated rings. The van der Waals surface area contributed by atoms with E-state index in [-0.39, 0.29) is 38.4 Å². The Kier molecular flexibility index (Phi) is 8.42. The van der Waals surface area contributed by atoms with Crippen LogP contribution in [0.1, 0.15) is 25.3 Å². The fourth-order valence-electron chi connectivity index (χ4n) is 4.02. The topological polar surface area (TPSA) is 157 Å². The molecule has 4 rings (SSSR count). The molecule has 1 amide bonds. The van der Waals surface area contributed by atoms with Crippen molar-refractivity contribution in [2.75, 3.05) is 22.7 Å². The number of nitrogens with zero attached hydrogens (tertiary/aromatic N) is 2. The SMILES string of the molecule is Cc1noc(C)c1S(=O)(=O)NC[C@H]1CN(S(=O)(=O)c2ccc(F)cc2)c2cc(NC(=O)OC(C)(C)C(F)(F)F)ccc2O1. The minimum absolute atomic E-state index is 0.0394. The quantitative estimate of drug-likeness (QED) is 0.340. The highest BCUT2D eigenvalue weighted by molar-refractivity contribution is 7.92. The van der Waals surface area contributed by atoms with Crippen LogP contribution in [0.4, 0.5) is 33.7 Å². The maximum atomic E-state index is 13.7. The molecule has 234 valence electrons. The van der Waals surface area contributed by atoms with Crippen molar-refractivity contribution in [3.05, 3.63) is 59.7 Å². The number of hydrogen-bond donors (Lipinski definition) is 2. The normalized spacial score (nSPS) is 15.9. The van der Waals surface area contributed by atoms with Gasteiger partial charge in [-0.2, -0.15) is 13.2 Å². The number of carbonyl (C=O) groups excluding carboxylic acids is 1. The lowest BCUT2D eigenvalue weighted by atomic mass is 10.1. The number of anilines is 2. The molecule has 0 bridgehead atoms. The molecular weight excluding hydrogens is 624 g/mol. The van der Waals surface area contributed by atoms with Gasteiger partial charge in [-0.1, -0.05) is 5.16 Å². The van der Waals surface area contributed by atoms with Crippen molar-refractivity contribution in [3.63, 3.8) is 0 Å². The number of aryl methyl sites for hydroxylation is 2. The van der Waals surface area contributed by atoms with Crippen molar-refractivity contribution in [2.24, 2.45) is 0 Å². The summed E-state index contributed by atoms with van der Waals surface area (Å²) in [5, 5.41) is 5.74. The second-order valence-electron chi connectivity index (χ2n) is 9.94. The summed E-state index contributed by atoms with van der Waals surface area (Å²) < 4.78 is 125. The van der Waals surface area contributed by atoms with Gasteiger partial charge in [0, 0.05) is 12.2 Å². The highest BCUT2D eigenvalue weighted by atomic mass is 32.2. The lowest BCUT2D eigenvalue weighted by Gasteiger charge is -2.36.